The summed E-state index contributed by atoms with van der Waals surface area (Å²) < 4.78 is 11.1. The summed E-state index contributed by atoms with van der Waals surface area (Å²) in [4.78, 5) is 0. The molecule has 2 aromatic rings. The van der Waals surface area contributed by atoms with Crippen LogP contribution in [0.4, 0.5) is 0 Å². The van der Waals surface area contributed by atoms with Gasteiger partial charge in [-0.2, -0.15) is 0 Å². The molecule has 0 radical (unpaired) electrons. The number of hydrogen-bond acceptors (Lipinski definition) is 2. The first kappa shape index (κ1) is 12.5. The molecule has 0 fully saturated rings. The summed E-state index contributed by atoms with van der Waals surface area (Å²) in [5.74, 6) is 1.52. The first-order valence-electron chi connectivity index (χ1n) is 5.96. The lowest BCUT2D eigenvalue weighted by molar-refractivity contribution is -0.386. The molecule has 0 heterocycles. The van der Waals surface area contributed by atoms with Gasteiger partial charge in [-0.1, -0.05) is 30.3 Å². The Labute approximate surface area is 107 Å². The van der Waals surface area contributed by atoms with Crippen LogP contribution in [0, 0.1) is 0 Å². The normalized spacial score (nSPS) is 10.1. The van der Waals surface area contributed by atoms with Crippen LogP contribution < -0.4 is 15.2 Å². The highest BCUT2D eigenvalue weighted by molar-refractivity contribution is 5.42. The van der Waals surface area contributed by atoms with Gasteiger partial charge in [0, 0.05) is 5.56 Å². The molecule has 2 rings (SSSR count). The minimum atomic E-state index is 0.543. The Bertz CT molecular complexity index is 497. The van der Waals surface area contributed by atoms with Crippen molar-refractivity contribution in [2.24, 2.45) is 0 Å². The maximum Gasteiger partial charge on any atom is 0.161 e. The Balaban J connectivity index is 2.09. The lowest BCUT2D eigenvalue weighted by atomic mass is 10.2. The Morgan fingerprint density at radius 2 is 1.72 bits per heavy atom. The summed E-state index contributed by atoms with van der Waals surface area (Å²) in [6, 6.07) is 16.0. The molecule has 0 aliphatic rings. The van der Waals surface area contributed by atoms with Crippen molar-refractivity contribution in [2.75, 3.05) is 7.11 Å². The van der Waals surface area contributed by atoms with Gasteiger partial charge >= 0.3 is 0 Å². The van der Waals surface area contributed by atoms with E-state index in [4.69, 9.17) is 9.47 Å². The standard InChI is InChI=1S/C15H17NO2/c1-17-15-9-13(10-16)7-8-14(15)18-11-12-5-3-2-4-6-12/h2-9H,10-11,16H2,1H3/p+1. The van der Waals surface area contributed by atoms with Crippen molar-refractivity contribution < 1.29 is 15.2 Å². The van der Waals surface area contributed by atoms with Crippen molar-refractivity contribution in [2.45, 2.75) is 13.2 Å². The molecule has 3 heteroatoms. The fourth-order valence-electron chi connectivity index (χ4n) is 1.72. The summed E-state index contributed by atoms with van der Waals surface area (Å²) >= 11 is 0. The van der Waals surface area contributed by atoms with Gasteiger partial charge in [0.15, 0.2) is 11.5 Å². The molecule has 0 spiro atoms. The zero-order valence-corrected chi connectivity index (χ0v) is 10.6. The van der Waals surface area contributed by atoms with E-state index in [2.05, 4.69) is 5.73 Å². The van der Waals surface area contributed by atoms with E-state index in [0.717, 1.165) is 29.2 Å². The fourth-order valence-corrected chi connectivity index (χ4v) is 1.72. The fraction of sp³-hybridized carbons (Fsp3) is 0.200. The Morgan fingerprint density at radius 3 is 2.39 bits per heavy atom. The topological polar surface area (TPSA) is 46.1 Å². The average molecular weight is 244 g/mol. The van der Waals surface area contributed by atoms with Crippen LogP contribution in [0.15, 0.2) is 48.5 Å². The molecule has 3 N–H and O–H groups in total. The summed E-state index contributed by atoms with van der Waals surface area (Å²) in [7, 11) is 1.65. The molecule has 0 aromatic heterocycles. The predicted molar refractivity (Wildman–Crippen MR) is 70.4 cm³/mol. The van der Waals surface area contributed by atoms with E-state index < -0.39 is 0 Å². The van der Waals surface area contributed by atoms with Gasteiger partial charge in [-0.15, -0.1) is 0 Å². The third-order valence-electron chi connectivity index (χ3n) is 2.75. The largest absolute Gasteiger partial charge is 0.493 e. The number of benzene rings is 2. The van der Waals surface area contributed by atoms with Gasteiger partial charge in [-0.05, 0) is 23.8 Å². The Kier molecular flexibility index (Phi) is 4.20. The number of methoxy groups -OCH3 is 1. The molecule has 0 amide bonds. The van der Waals surface area contributed by atoms with Crippen LogP contribution in [0.5, 0.6) is 11.5 Å². The summed E-state index contributed by atoms with van der Waals surface area (Å²) in [5.41, 5.74) is 6.14. The minimum Gasteiger partial charge on any atom is -0.493 e. The molecule has 94 valence electrons. The lowest BCUT2D eigenvalue weighted by Gasteiger charge is -2.11. The average Bonchev–Trinajstić information content (AvgIpc) is 2.46. The van der Waals surface area contributed by atoms with Gasteiger partial charge in [-0.25, -0.2) is 0 Å². The van der Waals surface area contributed by atoms with E-state index in [-0.39, 0.29) is 0 Å². The molecule has 0 atom stereocenters. The monoisotopic (exact) mass is 244 g/mol. The van der Waals surface area contributed by atoms with Gasteiger partial charge in [0.05, 0.1) is 13.7 Å². The van der Waals surface area contributed by atoms with Crippen molar-refractivity contribution in [1.82, 2.24) is 0 Å². The molecular weight excluding hydrogens is 226 g/mol. The maximum atomic E-state index is 5.77. The molecule has 2 aromatic carbocycles. The lowest BCUT2D eigenvalue weighted by Crippen LogP contribution is -2.47. The van der Waals surface area contributed by atoms with Crippen LogP contribution in [0.3, 0.4) is 0 Å². The van der Waals surface area contributed by atoms with Gasteiger partial charge in [-0.3, -0.25) is 0 Å². The van der Waals surface area contributed by atoms with E-state index in [1.807, 2.05) is 48.5 Å². The molecule has 0 saturated carbocycles. The molecular formula is C15H18NO2+. The van der Waals surface area contributed by atoms with Crippen LogP contribution in [-0.2, 0) is 13.2 Å². The predicted octanol–water partition coefficient (Wildman–Crippen LogP) is 2.02. The minimum absolute atomic E-state index is 0.543. The summed E-state index contributed by atoms with van der Waals surface area (Å²) in [5, 5.41) is 0. The zero-order valence-electron chi connectivity index (χ0n) is 10.6. The van der Waals surface area contributed by atoms with Crippen LogP contribution >= 0.6 is 0 Å². The molecule has 0 aliphatic heterocycles. The molecule has 18 heavy (non-hydrogen) atoms. The van der Waals surface area contributed by atoms with E-state index in [1.54, 1.807) is 7.11 Å². The van der Waals surface area contributed by atoms with Crippen LogP contribution in [0.25, 0.3) is 0 Å². The van der Waals surface area contributed by atoms with Gasteiger partial charge in [0.25, 0.3) is 0 Å². The quantitative estimate of drug-likeness (QED) is 0.874. The van der Waals surface area contributed by atoms with Crippen molar-refractivity contribution in [3.8, 4) is 11.5 Å². The Hall–Kier alpha value is -2.00. The zero-order chi connectivity index (χ0) is 12.8. The Morgan fingerprint density at radius 1 is 0.944 bits per heavy atom. The second kappa shape index (κ2) is 6.07. The van der Waals surface area contributed by atoms with Crippen molar-refractivity contribution >= 4 is 0 Å². The third kappa shape index (κ3) is 3.02. The second-order valence-electron chi connectivity index (χ2n) is 4.01. The smallest absolute Gasteiger partial charge is 0.161 e. The SMILES string of the molecule is COc1cc(C[NH3+])ccc1OCc1ccccc1. The number of hydrogen-bond donors (Lipinski definition) is 1. The van der Waals surface area contributed by atoms with E-state index in [1.165, 1.54) is 0 Å². The van der Waals surface area contributed by atoms with Crippen molar-refractivity contribution in [1.29, 1.82) is 0 Å². The first-order chi connectivity index (χ1) is 8.83. The second-order valence-corrected chi connectivity index (χ2v) is 4.01. The van der Waals surface area contributed by atoms with Crippen LogP contribution in [-0.4, -0.2) is 7.11 Å². The third-order valence-corrected chi connectivity index (χ3v) is 2.75. The van der Waals surface area contributed by atoms with E-state index >= 15 is 0 Å². The molecule has 0 bridgehead atoms. The van der Waals surface area contributed by atoms with Gasteiger partial charge in [0.1, 0.15) is 6.61 Å². The van der Waals surface area contributed by atoms with Crippen molar-refractivity contribution in [3.05, 3.63) is 59.7 Å². The maximum absolute atomic E-state index is 5.77. The molecule has 0 saturated heterocycles. The van der Waals surface area contributed by atoms with Crippen LogP contribution in [0.2, 0.25) is 0 Å². The highest BCUT2D eigenvalue weighted by Crippen LogP contribution is 2.28. The van der Waals surface area contributed by atoms with Crippen LogP contribution in [0.1, 0.15) is 11.1 Å². The highest BCUT2D eigenvalue weighted by Gasteiger charge is 2.06. The summed E-state index contributed by atoms with van der Waals surface area (Å²) in [6.07, 6.45) is 0. The van der Waals surface area contributed by atoms with E-state index in [9.17, 15) is 0 Å². The molecule has 3 nitrogen and oxygen atoms in total. The number of rotatable bonds is 5. The summed E-state index contributed by atoms with van der Waals surface area (Å²) in [6.45, 7) is 1.29. The highest BCUT2D eigenvalue weighted by atomic mass is 16.5. The van der Waals surface area contributed by atoms with Gasteiger partial charge < -0.3 is 15.2 Å². The van der Waals surface area contributed by atoms with Gasteiger partial charge in [0.2, 0.25) is 0 Å². The number of ether oxygens (including phenoxy) is 2. The van der Waals surface area contributed by atoms with E-state index in [0.29, 0.717) is 6.61 Å². The molecule has 0 aliphatic carbocycles. The molecule has 0 unspecified atom stereocenters. The first-order valence-corrected chi connectivity index (χ1v) is 5.96. The van der Waals surface area contributed by atoms with Crippen molar-refractivity contribution in [3.63, 3.8) is 0 Å². The number of quaternary nitrogens is 1.